The topological polar surface area (TPSA) is 86.7 Å². The number of benzene rings is 1. The van der Waals surface area contributed by atoms with Gasteiger partial charge in [-0.1, -0.05) is 19.1 Å². The van der Waals surface area contributed by atoms with E-state index < -0.39 is 21.6 Å². The first-order valence-corrected chi connectivity index (χ1v) is 9.19. The van der Waals surface area contributed by atoms with Crippen molar-refractivity contribution in [3.63, 3.8) is 0 Å². The van der Waals surface area contributed by atoms with Gasteiger partial charge in [-0.05, 0) is 50.3 Å². The number of carboxylic acid groups (broad SMARTS) is 1. The van der Waals surface area contributed by atoms with E-state index in [1.54, 1.807) is 38.1 Å². The molecule has 0 aromatic heterocycles. The van der Waals surface area contributed by atoms with Gasteiger partial charge in [0.2, 0.25) is 0 Å². The third-order valence-corrected chi connectivity index (χ3v) is 5.85. The number of rotatable bonds is 5. The largest absolute Gasteiger partial charge is 0.481 e. The Labute approximate surface area is 137 Å². The summed E-state index contributed by atoms with van der Waals surface area (Å²) in [4.78, 5) is 11.3. The first kappa shape index (κ1) is 17.7. The highest BCUT2D eigenvalue weighted by atomic mass is 32.2. The zero-order valence-electron chi connectivity index (χ0n) is 13.7. The second-order valence-electron chi connectivity index (χ2n) is 6.72. The van der Waals surface area contributed by atoms with Crippen molar-refractivity contribution in [1.29, 1.82) is 0 Å². The van der Waals surface area contributed by atoms with Crippen LogP contribution in [0.5, 0.6) is 0 Å². The van der Waals surface area contributed by atoms with E-state index in [-0.39, 0.29) is 0 Å². The fourth-order valence-corrected chi connectivity index (χ4v) is 4.04. The number of hydrogen-bond donors (Lipinski definition) is 2. The molecule has 128 valence electrons. The Kier molecular flexibility index (Phi) is 5.01. The summed E-state index contributed by atoms with van der Waals surface area (Å²) in [5.74, 6) is -0.563. The molecule has 0 saturated carbocycles. The van der Waals surface area contributed by atoms with Gasteiger partial charge in [0, 0.05) is 18.8 Å². The maximum absolute atomic E-state index is 12.4. The monoisotopic (exact) mass is 340 g/mol. The maximum Gasteiger partial charge on any atom is 0.313 e. The van der Waals surface area contributed by atoms with Crippen LogP contribution in [0, 0.1) is 5.92 Å². The molecule has 2 N–H and O–H groups in total. The van der Waals surface area contributed by atoms with Gasteiger partial charge in [-0.15, -0.1) is 0 Å². The first-order chi connectivity index (χ1) is 10.6. The minimum atomic E-state index is -3.57. The summed E-state index contributed by atoms with van der Waals surface area (Å²) in [5.41, 5.74) is 0.0485. The van der Waals surface area contributed by atoms with Crippen molar-refractivity contribution in [1.82, 2.24) is 4.31 Å². The molecule has 23 heavy (non-hydrogen) atoms. The smallest absolute Gasteiger partial charge is 0.313 e. The van der Waals surface area contributed by atoms with Crippen molar-refractivity contribution in [3.8, 4) is 0 Å². The Hall–Kier alpha value is -1.60. The molecule has 0 bridgehead atoms. The Morgan fingerprint density at radius 2 is 1.91 bits per heavy atom. The van der Waals surface area contributed by atoms with Crippen LogP contribution in [-0.4, -0.2) is 36.9 Å². The fraction of sp³-hybridized carbons (Fsp3) is 0.562. The van der Waals surface area contributed by atoms with Crippen LogP contribution in [0.4, 0.5) is 5.69 Å². The van der Waals surface area contributed by atoms with Crippen LogP contribution in [0.2, 0.25) is 0 Å². The van der Waals surface area contributed by atoms with E-state index in [0.29, 0.717) is 30.3 Å². The van der Waals surface area contributed by atoms with Crippen LogP contribution in [-0.2, 0) is 20.4 Å². The van der Waals surface area contributed by atoms with Gasteiger partial charge in [0.05, 0.1) is 5.41 Å². The van der Waals surface area contributed by atoms with Gasteiger partial charge in [0.15, 0.2) is 0 Å². The summed E-state index contributed by atoms with van der Waals surface area (Å²) >= 11 is 0. The molecule has 0 spiro atoms. The molecular weight excluding hydrogens is 316 g/mol. The summed E-state index contributed by atoms with van der Waals surface area (Å²) in [6.45, 7) is 6.33. The predicted octanol–water partition coefficient (Wildman–Crippen LogP) is 2.44. The molecule has 1 heterocycles. The minimum Gasteiger partial charge on any atom is -0.481 e. The lowest BCUT2D eigenvalue weighted by molar-refractivity contribution is -0.142. The molecule has 1 aromatic carbocycles. The van der Waals surface area contributed by atoms with Crippen LogP contribution in [0.15, 0.2) is 24.3 Å². The molecular formula is C16H24N2O4S. The summed E-state index contributed by atoms with van der Waals surface area (Å²) in [6, 6.07) is 6.49. The van der Waals surface area contributed by atoms with Crippen LogP contribution < -0.4 is 4.72 Å². The van der Waals surface area contributed by atoms with Crippen LogP contribution in [0.25, 0.3) is 0 Å². The number of nitrogens with one attached hydrogen (secondary N) is 1. The molecule has 1 unspecified atom stereocenters. The highest BCUT2D eigenvalue weighted by molar-refractivity contribution is 7.90. The summed E-state index contributed by atoms with van der Waals surface area (Å²) in [5, 5.41) is 9.23. The fourth-order valence-electron chi connectivity index (χ4n) is 2.66. The van der Waals surface area contributed by atoms with Crippen LogP contribution >= 0.6 is 0 Å². The van der Waals surface area contributed by atoms with E-state index in [1.165, 1.54) is 4.31 Å². The van der Waals surface area contributed by atoms with Gasteiger partial charge in [-0.2, -0.15) is 12.7 Å². The lowest BCUT2D eigenvalue weighted by atomic mass is 9.85. The van der Waals surface area contributed by atoms with E-state index in [0.717, 1.165) is 12.8 Å². The zero-order chi connectivity index (χ0) is 17.3. The molecule has 1 aliphatic rings. The predicted molar refractivity (Wildman–Crippen MR) is 89.6 cm³/mol. The SMILES string of the molecule is CC1CCCN(S(=O)(=O)Nc2ccc(C(C)(C)C(=O)O)cc2)C1. The molecule has 7 heteroatoms. The van der Waals surface area contributed by atoms with Gasteiger partial charge >= 0.3 is 16.2 Å². The number of nitrogens with zero attached hydrogens (tertiary/aromatic N) is 1. The minimum absolute atomic E-state index is 0.360. The summed E-state index contributed by atoms with van der Waals surface area (Å²) in [7, 11) is -3.57. The van der Waals surface area contributed by atoms with Gasteiger partial charge < -0.3 is 5.11 Å². The zero-order valence-corrected chi connectivity index (χ0v) is 14.6. The van der Waals surface area contributed by atoms with Gasteiger partial charge in [0.1, 0.15) is 0 Å². The Morgan fingerprint density at radius 3 is 2.43 bits per heavy atom. The molecule has 1 aromatic rings. The molecule has 0 aliphatic carbocycles. The van der Waals surface area contributed by atoms with Crippen LogP contribution in [0.1, 0.15) is 39.2 Å². The van der Waals surface area contributed by atoms with E-state index in [1.807, 2.05) is 6.92 Å². The lowest BCUT2D eigenvalue weighted by Crippen LogP contribution is -2.42. The number of carboxylic acids is 1. The molecule has 1 saturated heterocycles. The number of anilines is 1. The summed E-state index contributed by atoms with van der Waals surface area (Å²) in [6.07, 6.45) is 1.92. The van der Waals surface area contributed by atoms with E-state index >= 15 is 0 Å². The molecule has 0 radical (unpaired) electrons. The van der Waals surface area contributed by atoms with E-state index in [4.69, 9.17) is 0 Å². The number of aliphatic carboxylic acids is 1. The summed E-state index contributed by atoms with van der Waals surface area (Å²) < 4.78 is 28.9. The standard InChI is InChI=1S/C16H24N2O4S/c1-12-5-4-10-18(11-12)23(21,22)17-14-8-6-13(7-9-14)16(2,3)15(19)20/h6-9,12,17H,4-5,10-11H2,1-3H3,(H,19,20). The number of piperidine rings is 1. The average Bonchev–Trinajstić information content (AvgIpc) is 2.47. The van der Waals surface area contributed by atoms with Crippen molar-refractivity contribution in [3.05, 3.63) is 29.8 Å². The first-order valence-electron chi connectivity index (χ1n) is 7.75. The van der Waals surface area contributed by atoms with Crippen molar-refractivity contribution >= 4 is 21.9 Å². The van der Waals surface area contributed by atoms with Crippen molar-refractivity contribution < 1.29 is 18.3 Å². The highest BCUT2D eigenvalue weighted by Gasteiger charge is 2.30. The Balaban J connectivity index is 2.13. The highest BCUT2D eigenvalue weighted by Crippen LogP contribution is 2.26. The van der Waals surface area contributed by atoms with Crippen molar-refractivity contribution in [2.75, 3.05) is 17.8 Å². The number of carbonyl (C=O) groups is 1. The number of hydrogen-bond acceptors (Lipinski definition) is 3. The molecule has 2 rings (SSSR count). The van der Waals surface area contributed by atoms with E-state index in [9.17, 15) is 18.3 Å². The molecule has 0 amide bonds. The molecule has 1 fully saturated rings. The quantitative estimate of drug-likeness (QED) is 0.862. The average molecular weight is 340 g/mol. The third kappa shape index (κ3) is 4.03. The molecule has 1 atom stereocenters. The van der Waals surface area contributed by atoms with Crippen molar-refractivity contribution in [2.24, 2.45) is 5.92 Å². The van der Waals surface area contributed by atoms with Crippen LogP contribution in [0.3, 0.4) is 0 Å². The molecule has 6 nitrogen and oxygen atoms in total. The van der Waals surface area contributed by atoms with Gasteiger partial charge in [-0.25, -0.2) is 0 Å². The molecule has 1 aliphatic heterocycles. The third-order valence-electron chi connectivity index (χ3n) is 4.35. The second-order valence-corrected chi connectivity index (χ2v) is 8.39. The van der Waals surface area contributed by atoms with Crippen molar-refractivity contribution in [2.45, 2.75) is 39.0 Å². The second kappa shape index (κ2) is 6.49. The Bertz CT molecular complexity index is 668. The van der Waals surface area contributed by atoms with Gasteiger partial charge in [0.25, 0.3) is 0 Å². The lowest BCUT2D eigenvalue weighted by Gasteiger charge is -2.30. The Morgan fingerprint density at radius 1 is 1.30 bits per heavy atom. The normalized spacial score (nSPS) is 20.2. The van der Waals surface area contributed by atoms with Gasteiger partial charge in [-0.3, -0.25) is 9.52 Å². The maximum atomic E-state index is 12.4. The van der Waals surface area contributed by atoms with E-state index in [2.05, 4.69) is 4.72 Å².